The van der Waals surface area contributed by atoms with Crippen LogP contribution in [0.5, 0.6) is 0 Å². The maximum absolute atomic E-state index is 11.0. The lowest BCUT2D eigenvalue weighted by molar-refractivity contribution is -0.184. The van der Waals surface area contributed by atoms with Gasteiger partial charge in [-0.2, -0.15) is 0 Å². The van der Waals surface area contributed by atoms with Gasteiger partial charge in [0, 0.05) is 12.5 Å². The van der Waals surface area contributed by atoms with Crippen molar-refractivity contribution in [3.63, 3.8) is 0 Å². The lowest BCUT2D eigenvalue weighted by atomic mass is 9.61. The highest BCUT2D eigenvalue weighted by atomic mass is 16.4. The van der Waals surface area contributed by atoms with Gasteiger partial charge in [-0.3, -0.25) is 4.79 Å². The fraction of sp³-hybridized carbons (Fsp3) is 0.800. The van der Waals surface area contributed by atoms with Crippen molar-refractivity contribution in [2.24, 2.45) is 5.92 Å². The van der Waals surface area contributed by atoms with Crippen LogP contribution in [0.1, 0.15) is 52.9 Å². The Morgan fingerprint density at radius 2 is 2.11 bits per heavy atom. The van der Waals surface area contributed by atoms with E-state index in [4.69, 9.17) is 5.11 Å². The van der Waals surface area contributed by atoms with E-state index in [9.17, 15) is 15.0 Å². The Morgan fingerprint density at radius 1 is 1.47 bits per heavy atom. The topological polar surface area (TPSA) is 77.8 Å². The zero-order chi connectivity index (χ0) is 14.7. The van der Waals surface area contributed by atoms with Crippen LogP contribution in [0.15, 0.2) is 11.1 Å². The van der Waals surface area contributed by atoms with Crippen LogP contribution in [-0.2, 0) is 4.79 Å². The summed E-state index contributed by atoms with van der Waals surface area (Å²) in [5.41, 5.74) is -0.821. The van der Waals surface area contributed by atoms with Crippen molar-refractivity contribution in [3.8, 4) is 0 Å². The fourth-order valence-electron chi connectivity index (χ4n) is 3.32. The van der Waals surface area contributed by atoms with Gasteiger partial charge in [-0.25, -0.2) is 0 Å². The number of carbonyl (C=O) groups is 1. The van der Waals surface area contributed by atoms with E-state index in [1.807, 2.05) is 6.92 Å². The van der Waals surface area contributed by atoms with E-state index in [0.717, 1.165) is 11.9 Å². The number of hydrogen-bond donors (Lipinski definition) is 3. The number of carbonyl (C=O) groups excluding carboxylic acids is 1. The van der Waals surface area contributed by atoms with E-state index in [-0.39, 0.29) is 12.5 Å². The van der Waals surface area contributed by atoms with Crippen LogP contribution in [0.2, 0.25) is 0 Å². The molecule has 0 aliphatic heterocycles. The highest BCUT2D eigenvalue weighted by Gasteiger charge is 2.53. The molecule has 19 heavy (non-hydrogen) atoms. The monoisotopic (exact) mass is 270 g/mol. The van der Waals surface area contributed by atoms with Gasteiger partial charge in [-0.05, 0) is 51.5 Å². The highest BCUT2D eigenvalue weighted by Crippen LogP contribution is 2.48. The van der Waals surface area contributed by atoms with Gasteiger partial charge in [-0.1, -0.05) is 12.5 Å². The molecule has 1 aliphatic rings. The maximum Gasteiger partial charge on any atom is 0.145 e. The van der Waals surface area contributed by atoms with Gasteiger partial charge < -0.3 is 15.3 Å². The Balaban J connectivity index is 3.22. The van der Waals surface area contributed by atoms with Gasteiger partial charge in [0.1, 0.15) is 6.29 Å². The predicted octanol–water partition coefficient (Wildman–Crippen LogP) is 1.58. The second-order valence-corrected chi connectivity index (χ2v) is 5.80. The minimum absolute atomic E-state index is 0.0475. The number of allylic oxidation sites excluding steroid dienone is 1. The number of rotatable bonds is 5. The van der Waals surface area contributed by atoms with Crippen LogP contribution >= 0.6 is 0 Å². The second-order valence-electron chi connectivity index (χ2n) is 5.80. The number of hydrogen-bond acceptors (Lipinski definition) is 4. The molecule has 0 radical (unpaired) electrons. The largest absolute Gasteiger partial charge is 0.396 e. The predicted molar refractivity (Wildman–Crippen MR) is 73.7 cm³/mol. The van der Waals surface area contributed by atoms with Crippen molar-refractivity contribution in [2.75, 3.05) is 6.61 Å². The Morgan fingerprint density at radius 3 is 2.58 bits per heavy atom. The van der Waals surface area contributed by atoms with Gasteiger partial charge in [0.25, 0.3) is 0 Å². The third kappa shape index (κ3) is 2.91. The Hall–Kier alpha value is -0.710. The summed E-state index contributed by atoms with van der Waals surface area (Å²) in [5, 5.41) is 30.5. The summed E-state index contributed by atoms with van der Waals surface area (Å²) in [6.45, 7) is 5.31. The molecule has 1 aliphatic carbocycles. The summed E-state index contributed by atoms with van der Waals surface area (Å²) in [7, 11) is 0. The third-order valence-corrected chi connectivity index (χ3v) is 4.68. The first-order valence-electron chi connectivity index (χ1n) is 7.04. The quantitative estimate of drug-likeness (QED) is 0.523. The Bertz CT molecular complexity index is 359. The molecule has 0 amide bonds. The van der Waals surface area contributed by atoms with Crippen LogP contribution in [0.3, 0.4) is 0 Å². The molecule has 0 unspecified atom stereocenters. The van der Waals surface area contributed by atoms with Gasteiger partial charge in [0.15, 0.2) is 0 Å². The van der Waals surface area contributed by atoms with E-state index in [2.05, 4.69) is 0 Å². The van der Waals surface area contributed by atoms with E-state index >= 15 is 0 Å². The summed E-state index contributed by atoms with van der Waals surface area (Å²) in [6.07, 6.45) is 3.45. The normalized spacial score (nSPS) is 38.1. The lowest BCUT2D eigenvalue weighted by Crippen LogP contribution is -2.60. The molecule has 0 spiro atoms. The zero-order valence-electron chi connectivity index (χ0n) is 12.1. The van der Waals surface area contributed by atoms with Gasteiger partial charge >= 0.3 is 0 Å². The molecule has 3 atom stereocenters. The molecule has 0 aromatic rings. The molecule has 1 rings (SSSR count). The Labute approximate surface area is 115 Å². The number of aldehydes is 1. The van der Waals surface area contributed by atoms with Crippen LogP contribution in [0, 0.1) is 5.92 Å². The van der Waals surface area contributed by atoms with Crippen LogP contribution < -0.4 is 0 Å². The van der Waals surface area contributed by atoms with E-state index in [1.165, 1.54) is 0 Å². The molecule has 0 heterocycles. The minimum atomic E-state index is -1.24. The van der Waals surface area contributed by atoms with Crippen molar-refractivity contribution < 1.29 is 20.1 Å². The van der Waals surface area contributed by atoms with E-state index < -0.39 is 11.2 Å². The number of aliphatic hydroxyl groups is 3. The van der Waals surface area contributed by atoms with Gasteiger partial charge in [0.05, 0.1) is 11.2 Å². The molecule has 0 aromatic heterocycles. The fourth-order valence-corrected chi connectivity index (χ4v) is 3.32. The summed E-state index contributed by atoms with van der Waals surface area (Å²) in [6, 6.07) is 0. The molecule has 0 bridgehead atoms. The summed E-state index contributed by atoms with van der Waals surface area (Å²) < 4.78 is 0. The van der Waals surface area contributed by atoms with E-state index in [0.29, 0.717) is 37.7 Å². The summed E-state index contributed by atoms with van der Waals surface area (Å²) in [4.78, 5) is 11.0. The van der Waals surface area contributed by atoms with Crippen LogP contribution in [-0.4, -0.2) is 39.4 Å². The molecular weight excluding hydrogens is 244 g/mol. The van der Waals surface area contributed by atoms with Crippen molar-refractivity contribution in [1.82, 2.24) is 0 Å². The van der Waals surface area contributed by atoms with Crippen molar-refractivity contribution in [2.45, 2.75) is 64.1 Å². The average Bonchev–Trinajstić information content (AvgIpc) is 2.39. The second kappa shape index (κ2) is 6.16. The molecule has 1 saturated carbocycles. The molecular formula is C15H26O4. The third-order valence-electron chi connectivity index (χ3n) is 4.68. The summed E-state index contributed by atoms with van der Waals surface area (Å²) in [5.74, 6) is -0.265. The van der Waals surface area contributed by atoms with Crippen molar-refractivity contribution >= 4 is 6.29 Å². The summed E-state index contributed by atoms with van der Waals surface area (Å²) >= 11 is 0. The number of aliphatic hydroxyl groups excluding tert-OH is 1. The molecule has 0 saturated heterocycles. The highest BCUT2D eigenvalue weighted by molar-refractivity contribution is 5.74. The average molecular weight is 270 g/mol. The van der Waals surface area contributed by atoms with E-state index in [1.54, 1.807) is 13.8 Å². The Kier molecular flexibility index (Phi) is 5.30. The molecule has 4 nitrogen and oxygen atoms in total. The van der Waals surface area contributed by atoms with Crippen molar-refractivity contribution in [1.29, 1.82) is 0 Å². The van der Waals surface area contributed by atoms with Crippen LogP contribution in [0.25, 0.3) is 0 Å². The molecule has 0 aromatic carbocycles. The zero-order valence-corrected chi connectivity index (χ0v) is 12.1. The SMILES string of the molecule is CC[C@@]1(O)[C@H](CCCO)/C(=C(/C)C=O)CC[C@]1(C)O. The lowest BCUT2D eigenvalue weighted by Gasteiger charge is -2.51. The van der Waals surface area contributed by atoms with Gasteiger partial charge in [0.2, 0.25) is 0 Å². The van der Waals surface area contributed by atoms with Gasteiger partial charge in [-0.15, -0.1) is 0 Å². The minimum Gasteiger partial charge on any atom is -0.396 e. The van der Waals surface area contributed by atoms with Crippen molar-refractivity contribution in [3.05, 3.63) is 11.1 Å². The van der Waals surface area contributed by atoms with Crippen LogP contribution in [0.4, 0.5) is 0 Å². The first-order valence-corrected chi connectivity index (χ1v) is 7.04. The standard InChI is InChI=1S/C15H26O4/c1-4-15(19)13(6-5-9-16)12(11(2)10-17)7-8-14(15,3)18/h10,13,16,18-19H,4-9H2,1-3H3/b12-11-/t13-,14+,15-/m1/s1. The molecule has 1 fully saturated rings. The first-order chi connectivity index (χ1) is 8.84. The molecule has 110 valence electrons. The smallest absolute Gasteiger partial charge is 0.145 e. The first kappa shape index (κ1) is 16.3. The molecule has 4 heteroatoms. The molecule has 3 N–H and O–H groups in total. The maximum atomic E-state index is 11.0.